The van der Waals surface area contributed by atoms with E-state index in [9.17, 15) is 0 Å². The van der Waals surface area contributed by atoms with Crippen LogP contribution in [-0.4, -0.2) is 41.6 Å². The molecule has 1 N–H and O–H groups in total. The fourth-order valence-electron chi connectivity index (χ4n) is 3.06. The van der Waals surface area contributed by atoms with Gasteiger partial charge in [-0.25, -0.2) is 4.98 Å². The molecular formula is C14H26N4. The quantitative estimate of drug-likeness (QED) is 0.866. The zero-order valence-corrected chi connectivity index (χ0v) is 12.1. The molecule has 1 aliphatic heterocycles. The summed E-state index contributed by atoms with van der Waals surface area (Å²) in [6.07, 6.45) is 6.51. The maximum atomic E-state index is 4.34. The first-order valence-electron chi connectivity index (χ1n) is 6.86. The highest BCUT2D eigenvalue weighted by atomic mass is 15.1. The van der Waals surface area contributed by atoms with E-state index in [0.717, 1.165) is 19.6 Å². The van der Waals surface area contributed by atoms with Gasteiger partial charge in [-0.05, 0) is 38.9 Å². The largest absolute Gasteiger partial charge is 0.333 e. The van der Waals surface area contributed by atoms with Crippen molar-refractivity contribution >= 4 is 0 Å². The first kappa shape index (κ1) is 13.6. The van der Waals surface area contributed by atoms with Gasteiger partial charge in [-0.2, -0.15) is 0 Å². The third-order valence-corrected chi connectivity index (χ3v) is 3.50. The lowest BCUT2D eigenvalue weighted by Gasteiger charge is -2.30. The first-order valence-corrected chi connectivity index (χ1v) is 6.86. The molecule has 18 heavy (non-hydrogen) atoms. The fraction of sp³-hybridized carbons (Fsp3) is 0.786. The Labute approximate surface area is 110 Å². The van der Waals surface area contributed by atoms with Gasteiger partial charge in [-0.15, -0.1) is 0 Å². The van der Waals surface area contributed by atoms with E-state index in [1.54, 1.807) is 0 Å². The monoisotopic (exact) mass is 250 g/mol. The van der Waals surface area contributed by atoms with Gasteiger partial charge in [0.15, 0.2) is 0 Å². The second-order valence-electron chi connectivity index (χ2n) is 6.50. The van der Waals surface area contributed by atoms with Gasteiger partial charge >= 0.3 is 0 Å². The normalized spacial score (nSPS) is 20.8. The molecule has 1 unspecified atom stereocenters. The Morgan fingerprint density at radius 1 is 1.50 bits per heavy atom. The van der Waals surface area contributed by atoms with Crippen LogP contribution in [0.15, 0.2) is 12.5 Å². The first-order chi connectivity index (χ1) is 8.48. The Bertz CT molecular complexity index is 375. The van der Waals surface area contributed by atoms with E-state index in [1.807, 2.05) is 12.5 Å². The molecule has 0 bridgehead atoms. The molecule has 1 aliphatic rings. The lowest BCUT2D eigenvalue weighted by atomic mass is 9.92. The van der Waals surface area contributed by atoms with Gasteiger partial charge in [0, 0.05) is 25.3 Å². The van der Waals surface area contributed by atoms with E-state index in [0.29, 0.717) is 6.04 Å². The van der Waals surface area contributed by atoms with E-state index in [4.69, 9.17) is 0 Å². The fourth-order valence-corrected chi connectivity index (χ4v) is 3.06. The molecule has 0 amide bonds. The summed E-state index contributed by atoms with van der Waals surface area (Å²) in [5.74, 6) is 0. The predicted octanol–water partition coefficient (Wildman–Crippen LogP) is 1.90. The topological polar surface area (TPSA) is 33.1 Å². The standard InChI is InChI=1S/C14H26N4/c1-14(2,9-17(3)4)10-18-11-15-8-13(18)12-6-5-7-16-12/h8,11-12,16H,5-7,9-10H2,1-4H3. The van der Waals surface area contributed by atoms with Crippen LogP contribution in [0.3, 0.4) is 0 Å². The van der Waals surface area contributed by atoms with Gasteiger partial charge in [0.25, 0.3) is 0 Å². The second-order valence-corrected chi connectivity index (χ2v) is 6.50. The van der Waals surface area contributed by atoms with Crippen molar-refractivity contribution in [3.63, 3.8) is 0 Å². The van der Waals surface area contributed by atoms with Crippen LogP contribution in [0.2, 0.25) is 0 Å². The van der Waals surface area contributed by atoms with Gasteiger partial charge in [0.05, 0.1) is 12.0 Å². The third-order valence-electron chi connectivity index (χ3n) is 3.50. The van der Waals surface area contributed by atoms with Gasteiger partial charge < -0.3 is 14.8 Å². The number of aromatic nitrogens is 2. The summed E-state index contributed by atoms with van der Waals surface area (Å²) in [4.78, 5) is 6.59. The van der Waals surface area contributed by atoms with E-state index in [1.165, 1.54) is 18.5 Å². The number of rotatable bonds is 5. The predicted molar refractivity (Wildman–Crippen MR) is 74.5 cm³/mol. The Morgan fingerprint density at radius 2 is 2.28 bits per heavy atom. The van der Waals surface area contributed by atoms with Crippen molar-refractivity contribution in [1.82, 2.24) is 19.8 Å². The number of nitrogens with one attached hydrogen (secondary N) is 1. The van der Waals surface area contributed by atoms with Gasteiger partial charge in [0.2, 0.25) is 0 Å². The highest BCUT2D eigenvalue weighted by Gasteiger charge is 2.24. The van der Waals surface area contributed by atoms with Crippen LogP contribution in [0.4, 0.5) is 0 Å². The molecule has 4 nitrogen and oxygen atoms in total. The maximum Gasteiger partial charge on any atom is 0.0948 e. The van der Waals surface area contributed by atoms with Crippen molar-refractivity contribution in [2.75, 3.05) is 27.2 Å². The van der Waals surface area contributed by atoms with Crippen molar-refractivity contribution in [2.45, 2.75) is 39.3 Å². The molecule has 1 aromatic heterocycles. The van der Waals surface area contributed by atoms with Crippen molar-refractivity contribution in [1.29, 1.82) is 0 Å². The smallest absolute Gasteiger partial charge is 0.0948 e. The molecule has 1 fully saturated rings. The number of imidazole rings is 1. The minimum absolute atomic E-state index is 0.261. The van der Waals surface area contributed by atoms with Crippen molar-refractivity contribution in [3.8, 4) is 0 Å². The Morgan fingerprint density at radius 3 is 2.89 bits per heavy atom. The highest BCUT2D eigenvalue weighted by Crippen LogP contribution is 2.26. The molecule has 0 radical (unpaired) electrons. The summed E-state index contributed by atoms with van der Waals surface area (Å²) >= 11 is 0. The van der Waals surface area contributed by atoms with E-state index in [2.05, 4.69) is 47.7 Å². The van der Waals surface area contributed by atoms with E-state index >= 15 is 0 Å². The molecule has 1 atom stereocenters. The molecule has 1 aromatic rings. The van der Waals surface area contributed by atoms with Crippen molar-refractivity contribution < 1.29 is 0 Å². The maximum absolute atomic E-state index is 4.34. The third kappa shape index (κ3) is 3.33. The lowest BCUT2D eigenvalue weighted by Crippen LogP contribution is -2.33. The van der Waals surface area contributed by atoms with Gasteiger partial charge in [-0.3, -0.25) is 0 Å². The summed E-state index contributed by atoms with van der Waals surface area (Å²) in [5.41, 5.74) is 1.61. The molecule has 102 valence electrons. The summed E-state index contributed by atoms with van der Waals surface area (Å²) in [5, 5.41) is 3.55. The summed E-state index contributed by atoms with van der Waals surface area (Å²) < 4.78 is 2.33. The van der Waals surface area contributed by atoms with Crippen LogP contribution >= 0.6 is 0 Å². The van der Waals surface area contributed by atoms with E-state index < -0.39 is 0 Å². The van der Waals surface area contributed by atoms with Crippen molar-refractivity contribution in [2.24, 2.45) is 5.41 Å². The van der Waals surface area contributed by atoms with Crippen LogP contribution < -0.4 is 5.32 Å². The minimum Gasteiger partial charge on any atom is -0.333 e. The second kappa shape index (κ2) is 5.41. The van der Waals surface area contributed by atoms with Crippen molar-refractivity contribution in [3.05, 3.63) is 18.2 Å². The van der Waals surface area contributed by atoms with Crippen LogP contribution in [0.25, 0.3) is 0 Å². The number of nitrogens with zero attached hydrogens (tertiary/aromatic N) is 3. The summed E-state index contributed by atoms with van der Waals surface area (Å²) in [6, 6.07) is 0.502. The molecule has 2 heterocycles. The van der Waals surface area contributed by atoms with Gasteiger partial charge in [-0.1, -0.05) is 13.8 Å². The Balaban J connectivity index is 2.07. The Kier molecular flexibility index (Phi) is 4.07. The number of hydrogen-bond donors (Lipinski definition) is 1. The SMILES string of the molecule is CN(C)CC(C)(C)Cn1cncc1C1CCCN1. The molecule has 0 aliphatic carbocycles. The molecular weight excluding hydrogens is 224 g/mol. The molecule has 1 saturated heterocycles. The zero-order valence-electron chi connectivity index (χ0n) is 12.1. The molecule has 2 rings (SSSR count). The molecule has 0 spiro atoms. The minimum atomic E-state index is 0.261. The van der Waals surface area contributed by atoms with Crippen LogP contribution in [0, 0.1) is 5.41 Å². The average Bonchev–Trinajstić information content (AvgIpc) is 2.83. The molecule has 0 saturated carbocycles. The summed E-state index contributed by atoms with van der Waals surface area (Å²) in [7, 11) is 4.27. The molecule has 0 aromatic carbocycles. The highest BCUT2D eigenvalue weighted by molar-refractivity contribution is 5.07. The van der Waals surface area contributed by atoms with Crippen LogP contribution in [0.5, 0.6) is 0 Å². The number of hydrogen-bond acceptors (Lipinski definition) is 3. The summed E-state index contributed by atoms with van der Waals surface area (Å²) in [6.45, 7) is 7.88. The Hall–Kier alpha value is -0.870. The van der Waals surface area contributed by atoms with E-state index in [-0.39, 0.29) is 5.41 Å². The lowest BCUT2D eigenvalue weighted by molar-refractivity contribution is 0.208. The average molecular weight is 250 g/mol. The van der Waals surface area contributed by atoms with Crippen LogP contribution in [-0.2, 0) is 6.54 Å². The van der Waals surface area contributed by atoms with Crippen LogP contribution in [0.1, 0.15) is 38.4 Å². The van der Waals surface area contributed by atoms with Gasteiger partial charge in [0.1, 0.15) is 0 Å². The molecule has 4 heteroatoms. The zero-order chi connectivity index (χ0) is 13.2.